The number of rotatable bonds is 5. The van der Waals surface area contributed by atoms with Crippen LogP contribution in [0.2, 0.25) is 0 Å². The van der Waals surface area contributed by atoms with E-state index < -0.39 is 10.0 Å². The van der Waals surface area contributed by atoms with Gasteiger partial charge in [-0.15, -0.1) is 0 Å². The van der Waals surface area contributed by atoms with Gasteiger partial charge in [0.25, 0.3) is 0 Å². The van der Waals surface area contributed by atoms with Crippen molar-refractivity contribution in [3.8, 4) is 0 Å². The Morgan fingerprint density at radius 2 is 2.10 bits per heavy atom. The maximum absolute atomic E-state index is 12.2. The first-order chi connectivity index (χ1) is 9.40. The molecular formula is C12H16N4O3S. The molecule has 0 fully saturated rings. The molecule has 7 nitrogen and oxygen atoms in total. The molecule has 0 aliphatic heterocycles. The Balaban J connectivity index is 2.19. The summed E-state index contributed by atoms with van der Waals surface area (Å²) in [6.45, 7) is 1.73. The topological polar surface area (TPSA) is 117 Å². The van der Waals surface area contributed by atoms with Gasteiger partial charge in [0.1, 0.15) is 4.90 Å². The van der Waals surface area contributed by atoms with E-state index in [0.717, 1.165) is 0 Å². The zero-order chi connectivity index (χ0) is 14.8. The fourth-order valence-corrected chi connectivity index (χ4v) is 3.04. The molecular weight excluding hydrogens is 280 g/mol. The number of carbonyl (C=O) groups excluding carboxylic acids is 1. The number of hydrogen-bond donors (Lipinski definition) is 4. The van der Waals surface area contributed by atoms with E-state index in [1.807, 2.05) is 0 Å². The second kappa shape index (κ2) is 5.51. The molecule has 1 amide bonds. The summed E-state index contributed by atoms with van der Waals surface area (Å²) in [6.07, 6.45) is 1.42. The van der Waals surface area contributed by atoms with Crippen molar-refractivity contribution in [1.82, 2.24) is 15.0 Å². The van der Waals surface area contributed by atoms with E-state index in [-0.39, 0.29) is 23.9 Å². The van der Waals surface area contributed by atoms with Crippen LogP contribution in [0.5, 0.6) is 0 Å². The van der Waals surface area contributed by atoms with E-state index in [4.69, 9.17) is 5.73 Å². The third-order valence-corrected chi connectivity index (χ3v) is 4.25. The average molecular weight is 296 g/mol. The van der Waals surface area contributed by atoms with Crippen LogP contribution in [0.3, 0.4) is 0 Å². The Labute approximate surface area is 116 Å². The average Bonchev–Trinajstić information content (AvgIpc) is 2.78. The van der Waals surface area contributed by atoms with Gasteiger partial charge in [0, 0.05) is 42.8 Å². The van der Waals surface area contributed by atoms with E-state index >= 15 is 0 Å². The van der Waals surface area contributed by atoms with Crippen LogP contribution in [0.15, 0.2) is 29.3 Å². The highest BCUT2D eigenvalue weighted by Gasteiger charge is 2.18. The summed E-state index contributed by atoms with van der Waals surface area (Å²) in [6, 6.07) is 5.02. The van der Waals surface area contributed by atoms with Crippen LogP contribution in [0.4, 0.5) is 5.69 Å². The standard InChI is InChI=1S/C12H16N4O3S/c1-8(17)14-4-5-16-20(18,19)12-7-15-11-3-2-9(13)6-10(11)12/h2-3,6-7,15-16H,4-5,13H2,1H3,(H,14,17). The smallest absolute Gasteiger partial charge is 0.242 e. The van der Waals surface area contributed by atoms with Crippen molar-refractivity contribution in [3.05, 3.63) is 24.4 Å². The molecule has 0 saturated heterocycles. The number of amides is 1. The highest BCUT2D eigenvalue weighted by Crippen LogP contribution is 2.24. The second-order valence-electron chi connectivity index (χ2n) is 4.34. The summed E-state index contributed by atoms with van der Waals surface area (Å²) >= 11 is 0. The van der Waals surface area contributed by atoms with Crippen molar-refractivity contribution in [3.63, 3.8) is 0 Å². The number of carbonyl (C=O) groups is 1. The van der Waals surface area contributed by atoms with Gasteiger partial charge in [-0.05, 0) is 18.2 Å². The summed E-state index contributed by atoms with van der Waals surface area (Å²) in [5.74, 6) is -0.205. The number of benzene rings is 1. The molecule has 0 unspecified atom stereocenters. The first-order valence-corrected chi connectivity index (χ1v) is 7.49. The largest absolute Gasteiger partial charge is 0.399 e. The molecule has 5 N–H and O–H groups in total. The Morgan fingerprint density at radius 1 is 1.35 bits per heavy atom. The number of nitrogen functional groups attached to an aromatic ring is 1. The number of nitrogens with one attached hydrogen (secondary N) is 3. The highest BCUT2D eigenvalue weighted by molar-refractivity contribution is 7.89. The third-order valence-electron chi connectivity index (χ3n) is 2.75. The molecule has 2 rings (SSSR count). The van der Waals surface area contributed by atoms with Gasteiger partial charge in [-0.3, -0.25) is 4.79 Å². The fraction of sp³-hybridized carbons (Fsp3) is 0.250. The number of anilines is 1. The zero-order valence-electron chi connectivity index (χ0n) is 10.9. The predicted molar refractivity (Wildman–Crippen MR) is 76.6 cm³/mol. The van der Waals surface area contributed by atoms with Crippen molar-refractivity contribution < 1.29 is 13.2 Å². The minimum atomic E-state index is -3.65. The summed E-state index contributed by atoms with van der Waals surface area (Å²) < 4.78 is 26.8. The number of fused-ring (bicyclic) bond motifs is 1. The fourth-order valence-electron chi connectivity index (χ4n) is 1.84. The second-order valence-corrected chi connectivity index (χ2v) is 6.07. The number of hydrogen-bond acceptors (Lipinski definition) is 4. The molecule has 1 heterocycles. The lowest BCUT2D eigenvalue weighted by atomic mass is 10.2. The lowest BCUT2D eigenvalue weighted by Gasteiger charge is -2.06. The molecule has 108 valence electrons. The molecule has 0 aliphatic rings. The minimum absolute atomic E-state index is 0.122. The molecule has 0 radical (unpaired) electrons. The van der Waals surface area contributed by atoms with E-state index in [0.29, 0.717) is 16.6 Å². The van der Waals surface area contributed by atoms with Crippen LogP contribution in [0.1, 0.15) is 6.92 Å². The summed E-state index contributed by atoms with van der Waals surface area (Å²) in [5.41, 5.74) is 6.86. The minimum Gasteiger partial charge on any atom is -0.399 e. The van der Waals surface area contributed by atoms with E-state index in [9.17, 15) is 13.2 Å². The van der Waals surface area contributed by atoms with Gasteiger partial charge in [-0.1, -0.05) is 0 Å². The van der Waals surface area contributed by atoms with Crippen LogP contribution < -0.4 is 15.8 Å². The van der Waals surface area contributed by atoms with Crippen molar-refractivity contribution >= 4 is 32.5 Å². The number of aromatic nitrogens is 1. The molecule has 0 aliphatic carbocycles. The van der Waals surface area contributed by atoms with E-state index in [1.165, 1.54) is 13.1 Å². The van der Waals surface area contributed by atoms with Crippen LogP contribution >= 0.6 is 0 Å². The normalized spacial score (nSPS) is 11.7. The van der Waals surface area contributed by atoms with E-state index in [1.54, 1.807) is 18.2 Å². The first kappa shape index (κ1) is 14.4. The molecule has 8 heteroatoms. The maximum Gasteiger partial charge on any atom is 0.242 e. The number of aromatic amines is 1. The van der Waals surface area contributed by atoms with Gasteiger partial charge in [-0.25, -0.2) is 13.1 Å². The van der Waals surface area contributed by atoms with Crippen LogP contribution in [0, 0.1) is 0 Å². The summed E-state index contributed by atoms with van der Waals surface area (Å²) in [5, 5.41) is 3.05. The van der Waals surface area contributed by atoms with Crippen molar-refractivity contribution in [2.45, 2.75) is 11.8 Å². The van der Waals surface area contributed by atoms with E-state index in [2.05, 4.69) is 15.0 Å². The number of sulfonamides is 1. The summed E-state index contributed by atoms with van der Waals surface area (Å²) in [7, 11) is -3.65. The van der Waals surface area contributed by atoms with Gasteiger partial charge >= 0.3 is 0 Å². The van der Waals surface area contributed by atoms with Crippen LogP contribution in [-0.4, -0.2) is 32.4 Å². The molecule has 0 bridgehead atoms. The van der Waals surface area contributed by atoms with Gasteiger partial charge in [0.2, 0.25) is 15.9 Å². The maximum atomic E-state index is 12.2. The monoisotopic (exact) mass is 296 g/mol. The van der Waals surface area contributed by atoms with Crippen molar-refractivity contribution in [2.75, 3.05) is 18.8 Å². The molecule has 0 atom stereocenters. The molecule has 2 aromatic rings. The van der Waals surface area contributed by atoms with Gasteiger partial charge in [0.15, 0.2) is 0 Å². The molecule has 0 saturated carbocycles. The van der Waals surface area contributed by atoms with Gasteiger partial charge in [-0.2, -0.15) is 0 Å². The quantitative estimate of drug-likeness (QED) is 0.464. The Hall–Kier alpha value is -2.06. The Morgan fingerprint density at radius 3 is 2.80 bits per heavy atom. The van der Waals surface area contributed by atoms with Crippen molar-refractivity contribution in [2.24, 2.45) is 0 Å². The van der Waals surface area contributed by atoms with Gasteiger partial charge in [0.05, 0.1) is 0 Å². The predicted octanol–water partition coefficient (Wildman–Crippen LogP) is 0.165. The Bertz CT molecular complexity index is 736. The third kappa shape index (κ3) is 3.09. The SMILES string of the molecule is CC(=O)NCCNS(=O)(=O)c1c[nH]c2ccc(N)cc12. The molecule has 20 heavy (non-hydrogen) atoms. The lowest BCUT2D eigenvalue weighted by Crippen LogP contribution is -2.33. The van der Waals surface area contributed by atoms with Crippen LogP contribution in [-0.2, 0) is 14.8 Å². The Kier molecular flexibility index (Phi) is 3.96. The molecule has 0 spiro atoms. The zero-order valence-corrected chi connectivity index (χ0v) is 11.8. The molecule has 1 aromatic carbocycles. The first-order valence-electron chi connectivity index (χ1n) is 6.01. The lowest BCUT2D eigenvalue weighted by molar-refractivity contribution is -0.118. The summed E-state index contributed by atoms with van der Waals surface area (Å²) in [4.78, 5) is 13.7. The molecule has 1 aromatic heterocycles. The highest BCUT2D eigenvalue weighted by atomic mass is 32.2. The van der Waals surface area contributed by atoms with Crippen molar-refractivity contribution in [1.29, 1.82) is 0 Å². The number of H-pyrrole nitrogens is 1. The number of nitrogens with two attached hydrogens (primary N) is 1. The van der Waals surface area contributed by atoms with Gasteiger partial charge < -0.3 is 16.0 Å². The van der Waals surface area contributed by atoms with Crippen LogP contribution in [0.25, 0.3) is 10.9 Å².